The first kappa shape index (κ1) is 16.5. The summed E-state index contributed by atoms with van der Waals surface area (Å²) in [5.41, 5.74) is 2.59. The molecule has 0 aliphatic heterocycles. The fourth-order valence-electron chi connectivity index (χ4n) is 2.64. The molecule has 0 aromatic heterocycles. The number of nitrogens with one attached hydrogen (secondary N) is 2. The molecule has 1 amide bonds. The molecule has 0 saturated carbocycles. The van der Waals surface area contributed by atoms with Crippen molar-refractivity contribution in [1.29, 1.82) is 5.26 Å². The lowest BCUT2D eigenvalue weighted by atomic mass is 10.1. The first-order valence-corrected chi connectivity index (χ1v) is 8.18. The molecular formula is C21H19N3O. The molecule has 1 unspecified atom stereocenters. The van der Waals surface area contributed by atoms with Gasteiger partial charge in [0.15, 0.2) is 0 Å². The molecule has 0 saturated heterocycles. The summed E-state index contributed by atoms with van der Waals surface area (Å²) in [7, 11) is 0. The molecule has 2 N–H and O–H groups in total. The second-order valence-electron chi connectivity index (χ2n) is 5.95. The van der Waals surface area contributed by atoms with Crippen molar-refractivity contribution in [2.45, 2.75) is 19.4 Å². The quantitative estimate of drug-likeness (QED) is 0.731. The highest BCUT2D eigenvalue weighted by molar-refractivity contribution is 5.98. The van der Waals surface area contributed by atoms with E-state index in [9.17, 15) is 4.79 Å². The summed E-state index contributed by atoms with van der Waals surface area (Å²) in [6.07, 6.45) is 0.387. The van der Waals surface area contributed by atoms with Crippen molar-refractivity contribution < 1.29 is 4.79 Å². The first-order chi connectivity index (χ1) is 12.2. The summed E-state index contributed by atoms with van der Waals surface area (Å²) in [5.74, 6) is -0.101. The Morgan fingerprint density at radius 2 is 1.68 bits per heavy atom. The molecule has 0 aliphatic rings. The Bertz CT molecular complexity index is 926. The van der Waals surface area contributed by atoms with Crippen molar-refractivity contribution in [2.24, 2.45) is 0 Å². The maximum absolute atomic E-state index is 12.4. The van der Waals surface area contributed by atoms with Gasteiger partial charge in [0.2, 0.25) is 5.91 Å². The third-order valence-electron chi connectivity index (χ3n) is 4.03. The number of rotatable bonds is 5. The Morgan fingerprint density at radius 3 is 2.40 bits per heavy atom. The number of nitrogens with zero attached hydrogens (tertiary/aromatic N) is 1. The molecule has 3 rings (SSSR count). The van der Waals surface area contributed by atoms with Crippen LogP contribution in [0.1, 0.15) is 12.5 Å². The Morgan fingerprint density at radius 1 is 1.00 bits per heavy atom. The van der Waals surface area contributed by atoms with Crippen LogP contribution in [0.5, 0.6) is 0 Å². The Balaban J connectivity index is 1.64. The van der Waals surface area contributed by atoms with Crippen molar-refractivity contribution in [3.8, 4) is 6.07 Å². The zero-order valence-corrected chi connectivity index (χ0v) is 14.0. The van der Waals surface area contributed by atoms with Crippen LogP contribution in [0.15, 0.2) is 66.7 Å². The molecule has 0 heterocycles. The van der Waals surface area contributed by atoms with Gasteiger partial charge in [0.25, 0.3) is 0 Å². The molecule has 0 fully saturated rings. The minimum atomic E-state index is -0.381. The van der Waals surface area contributed by atoms with Gasteiger partial charge in [0.1, 0.15) is 6.04 Å². The molecule has 0 radical (unpaired) electrons. The van der Waals surface area contributed by atoms with E-state index >= 15 is 0 Å². The molecule has 0 bridgehead atoms. The Hall–Kier alpha value is -3.32. The van der Waals surface area contributed by atoms with E-state index in [2.05, 4.69) is 16.7 Å². The summed E-state index contributed by atoms with van der Waals surface area (Å²) >= 11 is 0. The van der Waals surface area contributed by atoms with E-state index < -0.39 is 0 Å². The van der Waals surface area contributed by atoms with Gasteiger partial charge in [-0.2, -0.15) is 5.26 Å². The van der Waals surface area contributed by atoms with Crippen molar-refractivity contribution in [1.82, 2.24) is 0 Å². The monoisotopic (exact) mass is 329 g/mol. The number of benzene rings is 3. The fraction of sp³-hybridized carbons (Fsp3) is 0.143. The largest absolute Gasteiger partial charge is 0.374 e. The van der Waals surface area contributed by atoms with E-state index in [1.54, 1.807) is 0 Å². The fourth-order valence-corrected chi connectivity index (χ4v) is 2.64. The Kier molecular flexibility index (Phi) is 4.96. The zero-order chi connectivity index (χ0) is 17.6. The van der Waals surface area contributed by atoms with E-state index in [1.807, 2.05) is 73.7 Å². The van der Waals surface area contributed by atoms with Gasteiger partial charge in [-0.05, 0) is 47.5 Å². The minimum absolute atomic E-state index is 0.101. The SMILES string of the molecule is CC(Nc1ccc(CC#N)cc1)C(=O)Nc1ccc2ccccc2c1. The molecule has 3 aromatic rings. The van der Waals surface area contributed by atoms with Gasteiger partial charge < -0.3 is 10.6 Å². The molecule has 25 heavy (non-hydrogen) atoms. The van der Waals surface area contributed by atoms with Crippen LogP contribution in [0.3, 0.4) is 0 Å². The predicted octanol–water partition coefficient (Wildman–Crippen LogP) is 4.34. The lowest BCUT2D eigenvalue weighted by Gasteiger charge is -2.16. The van der Waals surface area contributed by atoms with E-state index in [0.717, 1.165) is 27.7 Å². The van der Waals surface area contributed by atoms with Gasteiger partial charge in [0, 0.05) is 11.4 Å². The number of nitriles is 1. The van der Waals surface area contributed by atoms with Crippen LogP contribution in [-0.4, -0.2) is 11.9 Å². The molecule has 0 aliphatic carbocycles. The lowest BCUT2D eigenvalue weighted by molar-refractivity contribution is -0.116. The number of carbonyl (C=O) groups is 1. The first-order valence-electron chi connectivity index (χ1n) is 8.18. The average Bonchev–Trinajstić information content (AvgIpc) is 2.63. The van der Waals surface area contributed by atoms with Gasteiger partial charge >= 0.3 is 0 Å². The zero-order valence-electron chi connectivity index (χ0n) is 14.0. The van der Waals surface area contributed by atoms with Crippen LogP contribution < -0.4 is 10.6 Å². The predicted molar refractivity (Wildman–Crippen MR) is 101 cm³/mol. The number of hydrogen-bond acceptors (Lipinski definition) is 3. The topological polar surface area (TPSA) is 64.9 Å². The standard InChI is InChI=1S/C21H19N3O/c1-15(23-19-9-6-16(7-10-19)12-13-22)21(25)24-20-11-8-17-4-2-3-5-18(17)14-20/h2-11,14-15,23H,12H2,1H3,(H,24,25). The van der Waals surface area contributed by atoms with Crippen LogP contribution >= 0.6 is 0 Å². The molecule has 4 heteroatoms. The highest BCUT2D eigenvalue weighted by Crippen LogP contribution is 2.19. The number of fused-ring (bicyclic) bond motifs is 1. The highest BCUT2D eigenvalue weighted by Gasteiger charge is 2.13. The average molecular weight is 329 g/mol. The molecule has 1 atom stereocenters. The molecular weight excluding hydrogens is 310 g/mol. The summed E-state index contributed by atoms with van der Waals surface area (Å²) in [4.78, 5) is 12.4. The van der Waals surface area contributed by atoms with Crippen LogP contribution in [0.4, 0.5) is 11.4 Å². The van der Waals surface area contributed by atoms with Crippen molar-refractivity contribution in [3.63, 3.8) is 0 Å². The summed E-state index contributed by atoms with van der Waals surface area (Å²) in [6, 6.07) is 23.2. The summed E-state index contributed by atoms with van der Waals surface area (Å²) in [5, 5.41) is 17.0. The number of hydrogen-bond donors (Lipinski definition) is 2. The van der Waals surface area contributed by atoms with Crippen molar-refractivity contribution in [2.75, 3.05) is 10.6 Å². The lowest BCUT2D eigenvalue weighted by Crippen LogP contribution is -2.31. The van der Waals surface area contributed by atoms with Gasteiger partial charge in [-0.25, -0.2) is 0 Å². The van der Waals surface area contributed by atoms with E-state index in [-0.39, 0.29) is 11.9 Å². The van der Waals surface area contributed by atoms with E-state index in [4.69, 9.17) is 5.26 Å². The second-order valence-corrected chi connectivity index (χ2v) is 5.95. The molecule has 0 spiro atoms. The third kappa shape index (κ3) is 4.15. The van der Waals surface area contributed by atoms with Gasteiger partial charge in [0.05, 0.1) is 12.5 Å². The number of amides is 1. The van der Waals surface area contributed by atoms with E-state index in [1.165, 1.54) is 0 Å². The number of anilines is 2. The van der Waals surface area contributed by atoms with Crippen LogP contribution in [0.25, 0.3) is 10.8 Å². The third-order valence-corrected chi connectivity index (χ3v) is 4.03. The van der Waals surface area contributed by atoms with Crippen molar-refractivity contribution >= 4 is 28.1 Å². The van der Waals surface area contributed by atoms with Crippen LogP contribution in [0, 0.1) is 11.3 Å². The number of carbonyl (C=O) groups excluding carboxylic acids is 1. The smallest absolute Gasteiger partial charge is 0.246 e. The van der Waals surface area contributed by atoms with Gasteiger partial charge in [-0.1, -0.05) is 42.5 Å². The van der Waals surface area contributed by atoms with E-state index in [0.29, 0.717) is 6.42 Å². The summed E-state index contributed by atoms with van der Waals surface area (Å²) in [6.45, 7) is 1.82. The Labute approximate surface area is 147 Å². The summed E-state index contributed by atoms with van der Waals surface area (Å²) < 4.78 is 0. The van der Waals surface area contributed by atoms with Gasteiger partial charge in [-0.3, -0.25) is 4.79 Å². The molecule has 3 aromatic carbocycles. The van der Waals surface area contributed by atoms with Crippen LogP contribution in [0.2, 0.25) is 0 Å². The molecule has 4 nitrogen and oxygen atoms in total. The normalized spacial score (nSPS) is 11.5. The second kappa shape index (κ2) is 7.50. The molecule has 124 valence electrons. The minimum Gasteiger partial charge on any atom is -0.374 e. The van der Waals surface area contributed by atoms with Gasteiger partial charge in [-0.15, -0.1) is 0 Å². The maximum atomic E-state index is 12.4. The highest BCUT2D eigenvalue weighted by atomic mass is 16.2. The van der Waals surface area contributed by atoms with Crippen LogP contribution in [-0.2, 0) is 11.2 Å². The van der Waals surface area contributed by atoms with Crippen molar-refractivity contribution in [3.05, 3.63) is 72.3 Å². The maximum Gasteiger partial charge on any atom is 0.246 e.